The SMILES string of the molecule is CC[C@]1(c2ccccc2)NC(=O)N(CC(=O)Nc2cc(Cl)ccc2C)C1=O. The Bertz CT molecular complexity index is 901. The number of urea groups is 1. The van der Waals surface area contributed by atoms with E-state index in [2.05, 4.69) is 10.6 Å². The summed E-state index contributed by atoms with van der Waals surface area (Å²) in [6.07, 6.45) is 0.382. The number of halogens is 1. The molecule has 1 saturated heterocycles. The van der Waals surface area contributed by atoms with E-state index in [0.29, 0.717) is 22.7 Å². The molecule has 4 amide bonds. The zero-order valence-corrected chi connectivity index (χ0v) is 15.8. The van der Waals surface area contributed by atoms with Crippen molar-refractivity contribution in [2.75, 3.05) is 11.9 Å². The number of carbonyl (C=O) groups excluding carboxylic acids is 3. The van der Waals surface area contributed by atoms with Crippen molar-refractivity contribution in [1.82, 2.24) is 10.2 Å². The number of amides is 4. The number of nitrogens with zero attached hydrogens (tertiary/aromatic N) is 1. The molecule has 2 aromatic rings. The van der Waals surface area contributed by atoms with Crippen LogP contribution >= 0.6 is 11.6 Å². The van der Waals surface area contributed by atoms with Crippen LogP contribution in [0.1, 0.15) is 24.5 Å². The zero-order valence-electron chi connectivity index (χ0n) is 15.1. The maximum Gasteiger partial charge on any atom is 0.325 e. The van der Waals surface area contributed by atoms with E-state index in [0.717, 1.165) is 10.5 Å². The van der Waals surface area contributed by atoms with Crippen LogP contribution in [0.3, 0.4) is 0 Å². The second-order valence-electron chi connectivity index (χ2n) is 6.45. The van der Waals surface area contributed by atoms with Crippen molar-refractivity contribution in [2.24, 2.45) is 0 Å². The van der Waals surface area contributed by atoms with Crippen LogP contribution in [0.5, 0.6) is 0 Å². The first-order chi connectivity index (χ1) is 12.9. The fourth-order valence-corrected chi connectivity index (χ4v) is 3.37. The van der Waals surface area contributed by atoms with E-state index in [1.165, 1.54) is 0 Å². The molecule has 0 spiro atoms. The van der Waals surface area contributed by atoms with Gasteiger partial charge in [0, 0.05) is 10.7 Å². The van der Waals surface area contributed by atoms with Crippen molar-refractivity contribution < 1.29 is 14.4 Å². The van der Waals surface area contributed by atoms with Crippen LogP contribution in [0.15, 0.2) is 48.5 Å². The first-order valence-corrected chi connectivity index (χ1v) is 9.01. The number of rotatable bonds is 5. The van der Waals surface area contributed by atoms with E-state index in [1.54, 1.807) is 30.3 Å². The minimum absolute atomic E-state index is 0.370. The van der Waals surface area contributed by atoms with Crippen LogP contribution in [0.25, 0.3) is 0 Å². The van der Waals surface area contributed by atoms with Crippen molar-refractivity contribution in [3.05, 3.63) is 64.7 Å². The van der Waals surface area contributed by atoms with Gasteiger partial charge in [0.25, 0.3) is 5.91 Å². The largest absolute Gasteiger partial charge is 0.325 e. The smallest absolute Gasteiger partial charge is 0.324 e. The van der Waals surface area contributed by atoms with Crippen molar-refractivity contribution in [1.29, 1.82) is 0 Å². The zero-order chi connectivity index (χ0) is 19.6. The van der Waals surface area contributed by atoms with Crippen LogP contribution in [-0.4, -0.2) is 29.3 Å². The first-order valence-electron chi connectivity index (χ1n) is 8.63. The molecule has 0 saturated carbocycles. The van der Waals surface area contributed by atoms with E-state index in [-0.39, 0.29) is 6.54 Å². The lowest BCUT2D eigenvalue weighted by atomic mass is 9.87. The van der Waals surface area contributed by atoms with Gasteiger partial charge in [-0.25, -0.2) is 4.79 Å². The Morgan fingerprint density at radius 1 is 1.19 bits per heavy atom. The average molecular weight is 386 g/mol. The second kappa shape index (κ2) is 7.40. The van der Waals surface area contributed by atoms with Crippen LogP contribution in [-0.2, 0) is 15.1 Å². The van der Waals surface area contributed by atoms with Gasteiger partial charge in [0.1, 0.15) is 12.1 Å². The number of hydrogen-bond acceptors (Lipinski definition) is 3. The third kappa shape index (κ3) is 3.53. The fourth-order valence-electron chi connectivity index (χ4n) is 3.19. The highest BCUT2D eigenvalue weighted by atomic mass is 35.5. The summed E-state index contributed by atoms with van der Waals surface area (Å²) < 4.78 is 0. The normalized spacial score (nSPS) is 19.1. The topological polar surface area (TPSA) is 78.5 Å². The number of aryl methyl sites for hydroxylation is 1. The minimum atomic E-state index is -1.15. The molecule has 3 rings (SSSR count). The minimum Gasteiger partial charge on any atom is -0.324 e. The standard InChI is InChI=1S/C20H20ClN3O3/c1-3-20(14-7-5-4-6-8-14)18(26)24(19(27)23-20)12-17(25)22-16-11-15(21)10-9-13(16)2/h4-11H,3,12H2,1-2H3,(H,22,25)(H,23,27)/t20-/m1/s1. The molecule has 0 aromatic heterocycles. The number of hydrogen-bond donors (Lipinski definition) is 2. The lowest BCUT2D eigenvalue weighted by molar-refractivity contribution is -0.134. The van der Waals surface area contributed by atoms with Crippen molar-refractivity contribution in [3.8, 4) is 0 Å². The summed E-state index contributed by atoms with van der Waals surface area (Å²) in [5.41, 5.74) is 0.922. The fraction of sp³-hybridized carbons (Fsp3) is 0.250. The van der Waals surface area contributed by atoms with Gasteiger partial charge in [0.2, 0.25) is 5.91 Å². The van der Waals surface area contributed by atoms with Gasteiger partial charge in [0.15, 0.2) is 0 Å². The van der Waals surface area contributed by atoms with Gasteiger partial charge in [-0.1, -0.05) is 54.9 Å². The Morgan fingerprint density at radius 2 is 1.89 bits per heavy atom. The van der Waals surface area contributed by atoms with E-state index < -0.39 is 23.4 Å². The number of carbonyl (C=O) groups is 3. The number of benzene rings is 2. The van der Waals surface area contributed by atoms with E-state index in [1.807, 2.05) is 32.0 Å². The monoisotopic (exact) mass is 385 g/mol. The van der Waals surface area contributed by atoms with Gasteiger partial charge in [-0.15, -0.1) is 0 Å². The molecule has 140 valence electrons. The lowest BCUT2D eigenvalue weighted by Gasteiger charge is -2.25. The summed E-state index contributed by atoms with van der Waals surface area (Å²) in [5, 5.41) is 5.95. The molecule has 1 fully saturated rings. The summed E-state index contributed by atoms with van der Waals surface area (Å²) >= 11 is 5.96. The van der Waals surface area contributed by atoms with Crippen molar-refractivity contribution in [2.45, 2.75) is 25.8 Å². The second-order valence-corrected chi connectivity index (χ2v) is 6.89. The summed E-state index contributed by atoms with van der Waals surface area (Å²) in [5.74, 6) is -0.900. The molecule has 6 nitrogen and oxygen atoms in total. The Labute approximate surface area is 162 Å². The number of imide groups is 1. The summed E-state index contributed by atoms with van der Waals surface area (Å²) in [6.45, 7) is 3.28. The first kappa shape index (κ1) is 18.9. The predicted octanol–water partition coefficient (Wildman–Crippen LogP) is 3.44. The van der Waals surface area contributed by atoms with E-state index in [4.69, 9.17) is 11.6 Å². The molecule has 0 unspecified atom stereocenters. The molecule has 27 heavy (non-hydrogen) atoms. The van der Waals surface area contributed by atoms with Gasteiger partial charge < -0.3 is 10.6 Å². The Kier molecular flexibility index (Phi) is 5.19. The van der Waals surface area contributed by atoms with Crippen molar-refractivity contribution in [3.63, 3.8) is 0 Å². The summed E-state index contributed by atoms with van der Waals surface area (Å²) in [7, 11) is 0. The van der Waals surface area contributed by atoms with Gasteiger partial charge in [0.05, 0.1) is 0 Å². The molecule has 1 aliphatic rings. The predicted molar refractivity (Wildman–Crippen MR) is 103 cm³/mol. The van der Waals surface area contributed by atoms with Crippen LogP contribution in [0.4, 0.5) is 10.5 Å². The lowest BCUT2D eigenvalue weighted by Crippen LogP contribution is -2.44. The highest BCUT2D eigenvalue weighted by Crippen LogP contribution is 2.32. The van der Waals surface area contributed by atoms with Crippen LogP contribution in [0.2, 0.25) is 5.02 Å². The molecule has 0 radical (unpaired) electrons. The highest BCUT2D eigenvalue weighted by molar-refractivity contribution is 6.31. The number of anilines is 1. The van der Waals surface area contributed by atoms with Crippen molar-refractivity contribution >= 4 is 35.1 Å². The van der Waals surface area contributed by atoms with Crippen LogP contribution in [0, 0.1) is 6.92 Å². The quantitative estimate of drug-likeness (QED) is 0.774. The molecule has 1 atom stereocenters. The van der Waals surface area contributed by atoms with Gasteiger partial charge in [-0.3, -0.25) is 14.5 Å². The summed E-state index contributed by atoms with van der Waals surface area (Å²) in [6, 6.07) is 13.6. The maximum absolute atomic E-state index is 13.0. The molecule has 1 heterocycles. The molecule has 0 bridgehead atoms. The third-order valence-electron chi connectivity index (χ3n) is 4.75. The Morgan fingerprint density at radius 3 is 2.56 bits per heavy atom. The van der Waals surface area contributed by atoms with Gasteiger partial charge in [-0.2, -0.15) is 0 Å². The van der Waals surface area contributed by atoms with Gasteiger partial charge in [-0.05, 0) is 36.6 Å². The van der Waals surface area contributed by atoms with E-state index >= 15 is 0 Å². The third-order valence-corrected chi connectivity index (χ3v) is 4.98. The van der Waals surface area contributed by atoms with E-state index in [9.17, 15) is 14.4 Å². The molecular formula is C20H20ClN3O3. The Hall–Kier alpha value is -2.86. The molecule has 7 heteroatoms. The van der Waals surface area contributed by atoms with Gasteiger partial charge >= 0.3 is 6.03 Å². The Balaban J connectivity index is 1.79. The highest BCUT2D eigenvalue weighted by Gasteiger charge is 2.51. The molecular weight excluding hydrogens is 366 g/mol. The van der Waals surface area contributed by atoms with Crippen LogP contribution < -0.4 is 10.6 Å². The summed E-state index contributed by atoms with van der Waals surface area (Å²) in [4.78, 5) is 38.8. The molecule has 2 N–H and O–H groups in total. The maximum atomic E-state index is 13.0. The number of nitrogens with one attached hydrogen (secondary N) is 2. The molecule has 1 aliphatic heterocycles. The average Bonchev–Trinajstić information content (AvgIpc) is 2.90. The molecule has 2 aromatic carbocycles. The molecule has 0 aliphatic carbocycles.